The molecule has 0 unspecified atom stereocenters. The Hall–Kier alpha value is -2.70. The third-order valence-electron chi connectivity index (χ3n) is 3.45. The number of anilines is 1. The summed E-state index contributed by atoms with van der Waals surface area (Å²) >= 11 is 0. The van der Waals surface area contributed by atoms with Crippen molar-refractivity contribution in [3.63, 3.8) is 0 Å². The van der Waals surface area contributed by atoms with Crippen molar-refractivity contribution < 1.29 is 14.7 Å². The first-order chi connectivity index (χ1) is 10.1. The van der Waals surface area contributed by atoms with Gasteiger partial charge in [0.2, 0.25) is 5.91 Å². The summed E-state index contributed by atoms with van der Waals surface area (Å²) in [4.78, 5) is 26.6. The number of aliphatic carboxylic acids is 1. The molecule has 1 aromatic carbocycles. The van der Waals surface area contributed by atoms with Crippen LogP contribution in [0, 0.1) is 11.8 Å². The van der Waals surface area contributed by atoms with Gasteiger partial charge in [0.25, 0.3) is 0 Å². The van der Waals surface area contributed by atoms with Gasteiger partial charge in [-0.25, -0.2) is 9.67 Å². The van der Waals surface area contributed by atoms with E-state index in [1.54, 1.807) is 17.1 Å². The third kappa shape index (κ3) is 3.07. The Morgan fingerprint density at radius 3 is 2.90 bits per heavy atom. The van der Waals surface area contributed by atoms with E-state index in [4.69, 9.17) is 5.11 Å². The Bertz CT molecular complexity index is 669. The summed E-state index contributed by atoms with van der Waals surface area (Å²) in [5.41, 5.74) is 1.64. The third-order valence-corrected chi connectivity index (χ3v) is 3.45. The Balaban J connectivity index is 1.64. The number of rotatable bonds is 5. The van der Waals surface area contributed by atoms with Crippen LogP contribution in [-0.2, 0) is 16.1 Å². The van der Waals surface area contributed by atoms with Gasteiger partial charge >= 0.3 is 5.97 Å². The summed E-state index contributed by atoms with van der Waals surface area (Å²) in [7, 11) is 0. The minimum Gasteiger partial charge on any atom is -0.481 e. The lowest BCUT2D eigenvalue weighted by Crippen LogP contribution is -2.17. The number of carboxylic acid groups (broad SMARTS) is 1. The number of benzene rings is 1. The highest BCUT2D eigenvalue weighted by Crippen LogP contribution is 2.39. The van der Waals surface area contributed by atoms with Crippen molar-refractivity contribution in [2.75, 3.05) is 5.32 Å². The van der Waals surface area contributed by atoms with E-state index in [2.05, 4.69) is 15.4 Å². The average molecular weight is 286 g/mol. The molecule has 1 aliphatic rings. The van der Waals surface area contributed by atoms with Crippen molar-refractivity contribution in [1.82, 2.24) is 14.8 Å². The van der Waals surface area contributed by atoms with E-state index in [0.717, 1.165) is 5.56 Å². The lowest BCUT2D eigenvalue weighted by Gasteiger charge is -2.07. The number of carbonyl (C=O) groups excluding carboxylic acids is 1. The predicted molar refractivity (Wildman–Crippen MR) is 73.4 cm³/mol. The zero-order chi connectivity index (χ0) is 14.8. The van der Waals surface area contributed by atoms with Gasteiger partial charge in [-0.15, -0.1) is 0 Å². The minimum absolute atomic E-state index is 0.236. The number of carbonyl (C=O) groups is 2. The van der Waals surface area contributed by atoms with Gasteiger partial charge in [-0.05, 0) is 24.1 Å². The van der Waals surface area contributed by atoms with E-state index in [0.29, 0.717) is 18.7 Å². The van der Waals surface area contributed by atoms with E-state index in [-0.39, 0.29) is 5.91 Å². The highest BCUT2D eigenvalue weighted by molar-refractivity contribution is 5.98. The van der Waals surface area contributed by atoms with E-state index in [1.807, 2.05) is 18.2 Å². The van der Waals surface area contributed by atoms with Crippen LogP contribution in [0.25, 0.3) is 0 Å². The average Bonchev–Trinajstić information content (AvgIpc) is 3.11. The van der Waals surface area contributed by atoms with Gasteiger partial charge in [0.1, 0.15) is 12.7 Å². The summed E-state index contributed by atoms with van der Waals surface area (Å²) in [5, 5.41) is 15.6. The monoisotopic (exact) mass is 286 g/mol. The maximum absolute atomic E-state index is 11.9. The van der Waals surface area contributed by atoms with Crippen molar-refractivity contribution in [2.45, 2.75) is 13.0 Å². The molecular weight excluding hydrogens is 272 g/mol. The lowest BCUT2D eigenvalue weighted by atomic mass is 10.2. The molecule has 0 spiro atoms. The first-order valence-corrected chi connectivity index (χ1v) is 6.58. The number of hydrogen-bond donors (Lipinski definition) is 2. The lowest BCUT2D eigenvalue weighted by molar-refractivity contribution is -0.139. The van der Waals surface area contributed by atoms with E-state index < -0.39 is 17.8 Å². The zero-order valence-electron chi connectivity index (χ0n) is 11.1. The van der Waals surface area contributed by atoms with Gasteiger partial charge in [-0.3, -0.25) is 9.59 Å². The first kappa shape index (κ1) is 13.3. The molecule has 1 aromatic heterocycles. The summed E-state index contributed by atoms with van der Waals surface area (Å²) in [6.07, 6.45) is 3.50. The van der Waals surface area contributed by atoms with Crippen LogP contribution in [0.4, 0.5) is 5.69 Å². The quantitative estimate of drug-likeness (QED) is 0.854. The molecule has 0 bridgehead atoms. The van der Waals surface area contributed by atoms with Crippen LogP contribution in [0.2, 0.25) is 0 Å². The molecule has 0 radical (unpaired) electrons. The maximum Gasteiger partial charge on any atom is 0.307 e. The van der Waals surface area contributed by atoms with Crippen molar-refractivity contribution in [1.29, 1.82) is 0 Å². The molecule has 1 aliphatic carbocycles. The second-order valence-electron chi connectivity index (χ2n) is 5.07. The molecule has 7 heteroatoms. The topological polar surface area (TPSA) is 97.1 Å². The molecule has 2 N–H and O–H groups in total. The van der Waals surface area contributed by atoms with E-state index >= 15 is 0 Å². The van der Waals surface area contributed by atoms with Gasteiger partial charge in [0.15, 0.2) is 0 Å². The van der Waals surface area contributed by atoms with Gasteiger partial charge < -0.3 is 10.4 Å². The molecule has 0 aliphatic heterocycles. The summed E-state index contributed by atoms with van der Waals surface area (Å²) in [6, 6.07) is 7.39. The Kier molecular flexibility index (Phi) is 3.39. The second kappa shape index (κ2) is 5.35. The number of nitrogens with zero attached hydrogens (tertiary/aromatic N) is 3. The molecule has 1 fully saturated rings. The number of amides is 1. The number of aromatic nitrogens is 3. The Morgan fingerprint density at radius 1 is 1.38 bits per heavy atom. The highest BCUT2D eigenvalue weighted by Gasteiger charge is 2.48. The van der Waals surface area contributed by atoms with Gasteiger partial charge in [-0.1, -0.05) is 12.1 Å². The molecule has 108 valence electrons. The molecule has 0 saturated heterocycles. The van der Waals surface area contributed by atoms with Gasteiger partial charge in [0.05, 0.1) is 18.4 Å². The number of carboxylic acids is 1. The fraction of sp³-hybridized carbons (Fsp3) is 0.286. The van der Waals surface area contributed by atoms with Crippen LogP contribution in [0.3, 0.4) is 0 Å². The van der Waals surface area contributed by atoms with Crippen LogP contribution in [-0.4, -0.2) is 31.7 Å². The fourth-order valence-corrected chi connectivity index (χ4v) is 2.24. The normalized spacial score (nSPS) is 20.0. The summed E-state index contributed by atoms with van der Waals surface area (Å²) in [5.74, 6) is -2.10. The zero-order valence-corrected chi connectivity index (χ0v) is 11.1. The van der Waals surface area contributed by atoms with Crippen LogP contribution >= 0.6 is 0 Å². The summed E-state index contributed by atoms with van der Waals surface area (Å²) < 4.78 is 1.68. The molecule has 2 aromatic rings. The number of hydrogen-bond acceptors (Lipinski definition) is 4. The van der Waals surface area contributed by atoms with Crippen LogP contribution < -0.4 is 5.32 Å². The van der Waals surface area contributed by atoms with Gasteiger partial charge in [0, 0.05) is 5.69 Å². The van der Waals surface area contributed by atoms with Crippen molar-refractivity contribution in [3.05, 3.63) is 42.5 Å². The first-order valence-electron chi connectivity index (χ1n) is 6.58. The number of nitrogens with one attached hydrogen (secondary N) is 1. The SMILES string of the molecule is O=C(O)[C@H]1C[C@H]1C(=O)Nc1cccc(Cn2cncn2)c1. The molecule has 3 rings (SSSR count). The molecule has 1 amide bonds. The van der Waals surface area contributed by atoms with E-state index in [9.17, 15) is 9.59 Å². The van der Waals surface area contributed by atoms with Crippen LogP contribution in [0.5, 0.6) is 0 Å². The predicted octanol–water partition coefficient (Wildman–Crippen LogP) is 0.986. The van der Waals surface area contributed by atoms with Gasteiger partial charge in [-0.2, -0.15) is 5.10 Å². The maximum atomic E-state index is 11.9. The van der Waals surface area contributed by atoms with Crippen molar-refractivity contribution in [2.24, 2.45) is 11.8 Å². The molecule has 1 saturated carbocycles. The fourth-order valence-electron chi connectivity index (χ4n) is 2.24. The molecule has 7 nitrogen and oxygen atoms in total. The Morgan fingerprint density at radius 2 is 2.24 bits per heavy atom. The molecular formula is C14H14N4O3. The summed E-state index contributed by atoms with van der Waals surface area (Å²) in [6.45, 7) is 0.560. The second-order valence-corrected chi connectivity index (χ2v) is 5.07. The van der Waals surface area contributed by atoms with E-state index in [1.165, 1.54) is 6.33 Å². The minimum atomic E-state index is -0.907. The highest BCUT2D eigenvalue weighted by atomic mass is 16.4. The standard InChI is InChI=1S/C14H14N4O3/c19-13(11-5-12(11)14(20)21)17-10-3-1-2-9(4-10)6-18-8-15-7-16-18/h1-4,7-8,11-12H,5-6H2,(H,17,19)(H,20,21)/t11-,12+/m1/s1. The smallest absolute Gasteiger partial charge is 0.307 e. The molecule has 2 atom stereocenters. The van der Waals surface area contributed by atoms with Crippen molar-refractivity contribution in [3.8, 4) is 0 Å². The molecule has 21 heavy (non-hydrogen) atoms. The largest absolute Gasteiger partial charge is 0.481 e. The molecule has 1 heterocycles. The van der Waals surface area contributed by atoms with Crippen molar-refractivity contribution >= 4 is 17.6 Å². The Labute approximate surface area is 120 Å². The van der Waals surface area contributed by atoms with Crippen LogP contribution in [0.1, 0.15) is 12.0 Å². The van der Waals surface area contributed by atoms with Crippen LogP contribution in [0.15, 0.2) is 36.9 Å².